The van der Waals surface area contributed by atoms with Crippen LogP contribution in [0.3, 0.4) is 0 Å². The molecule has 2 rings (SSSR count). The summed E-state index contributed by atoms with van der Waals surface area (Å²) in [6.45, 7) is 0. The summed E-state index contributed by atoms with van der Waals surface area (Å²) in [6, 6.07) is 0. The van der Waals surface area contributed by atoms with E-state index in [9.17, 15) is 5.11 Å². The van der Waals surface area contributed by atoms with Crippen LogP contribution in [-0.2, 0) is 0 Å². The van der Waals surface area contributed by atoms with E-state index >= 15 is 0 Å². The Kier molecular flexibility index (Phi) is 2.16. The van der Waals surface area contributed by atoms with Gasteiger partial charge in [0.25, 0.3) is 0 Å². The van der Waals surface area contributed by atoms with E-state index in [4.69, 9.17) is 0 Å². The molecule has 1 nitrogen and oxygen atoms in total. The van der Waals surface area contributed by atoms with Crippen molar-refractivity contribution in [1.82, 2.24) is 0 Å². The zero-order valence-corrected chi connectivity index (χ0v) is 7.46. The molecule has 0 radical (unpaired) electrons. The van der Waals surface area contributed by atoms with Gasteiger partial charge in [0.2, 0.25) is 0 Å². The molecule has 0 amide bonds. The summed E-state index contributed by atoms with van der Waals surface area (Å²) < 4.78 is 0. The third-order valence-electron chi connectivity index (χ3n) is 2.26. The quantitative estimate of drug-likeness (QED) is 0.599. The first-order valence-electron chi connectivity index (χ1n) is 3.75. The van der Waals surface area contributed by atoms with Gasteiger partial charge >= 0.3 is 0 Å². The smallest absolute Gasteiger partial charge is 0.0752 e. The lowest BCUT2D eigenvalue weighted by molar-refractivity contribution is 0.175. The molecular formula is C7H12OS2. The van der Waals surface area contributed by atoms with Crippen LogP contribution in [0.25, 0.3) is 0 Å². The van der Waals surface area contributed by atoms with Crippen LogP contribution in [-0.4, -0.2) is 33.7 Å². The fraction of sp³-hybridized carbons (Fsp3) is 1.00. The Labute approximate surface area is 70.0 Å². The summed E-state index contributed by atoms with van der Waals surface area (Å²) in [5.74, 6) is 4.34. The molecule has 0 aromatic heterocycles. The van der Waals surface area contributed by atoms with Gasteiger partial charge in [-0.05, 0) is 23.8 Å². The maximum Gasteiger partial charge on any atom is 0.0752 e. The van der Waals surface area contributed by atoms with Gasteiger partial charge in [0.05, 0.1) is 6.10 Å². The average Bonchev–Trinajstić information content (AvgIpc) is 2.36. The zero-order valence-electron chi connectivity index (χ0n) is 5.82. The van der Waals surface area contributed by atoms with Crippen LogP contribution in [0.2, 0.25) is 0 Å². The molecule has 0 bridgehead atoms. The maximum absolute atomic E-state index is 9.54. The van der Waals surface area contributed by atoms with E-state index < -0.39 is 0 Å². The second-order valence-electron chi connectivity index (χ2n) is 2.99. The van der Waals surface area contributed by atoms with Crippen LogP contribution in [0, 0.1) is 5.92 Å². The zero-order chi connectivity index (χ0) is 6.97. The molecule has 58 valence electrons. The fourth-order valence-electron chi connectivity index (χ4n) is 1.69. The van der Waals surface area contributed by atoms with Gasteiger partial charge in [-0.1, -0.05) is 0 Å². The summed E-state index contributed by atoms with van der Waals surface area (Å²) in [4.78, 5) is 0. The molecule has 0 aromatic carbocycles. The van der Waals surface area contributed by atoms with Crippen molar-refractivity contribution >= 4 is 23.5 Å². The number of hydrogen-bond donors (Lipinski definition) is 1. The lowest BCUT2D eigenvalue weighted by atomic mass is 10.0. The van der Waals surface area contributed by atoms with Crippen molar-refractivity contribution < 1.29 is 5.11 Å². The molecule has 2 fully saturated rings. The third kappa shape index (κ3) is 1.19. The van der Waals surface area contributed by atoms with Gasteiger partial charge in [0.15, 0.2) is 0 Å². The van der Waals surface area contributed by atoms with Crippen molar-refractivity contribution in [2.24, 2.45) is 5.92 Å². The van der Waals surface area contributed by atoms with E-state index in [0.29, 0.717) is 5.25 Å². The van der Waals surface area contributed by atoms with Crippen molar-refractivity contribution in [3.63, 3.8) is 0 Å². The van der Waals surface area contributed by atoms with Crippen LogP contribution < -0.4 is 0 Å². The molecule has 3 atom stereocenters. The molecule has 10 heavy (non-hydrogen) atoms. The molecule has 3 heteroatoms. The number of aliphatic hydroxyl groups excluding tert-OH is 1. The summed E-state index contributed by atoms with van der Waals surface area (Å²) >= 11 is 3.89. The molecule has 3 unspecified atom stereocenters. The Balaban J connectivity index is 2.03. The normalized spacial score (nSPS) is 47.1. The van der Waals surface area contributed by atoms with Gasteiger partial charge in [-0.25, -0.2) is 0 Å². The van der Waals surface area contributed by atoms with Crippen molar-refractivity contribution in [2.75, 3.05) is 17.3 Å². The van der Waals surface area contributed by atoms with Crippen LogP contribution in [0.4, 0.5) is 0 Å². The largest absolute Gasteiger partial charge is 0.391 e. The summed E-state index contributed by atoms with van der Waals surface area (Å²) in [6.07, 6.45) is 1.32. The lowest BCUT2D eigenvalue weighted by Gasteiger charge is -2.28. The minimum Gasteiger partial charge on any atom is -0.391 e. The Bertz CT molecular complexity index is 129. The van der Waals surface area contributed by atoms with Gasteiger partial charge in [-0.3, -0.25) is 0 Å². The van der Waals surface area contributed by atoms with Crippen molar-refractivity contribution in [3.8, 4) is 0 Å². The second kappa shape index (κ2) is 2.95. The molecular weight excluding hydrogens is 164 g/mol. The average molecular weight is 176 g/mol. The van der Waals surface area contributed by atoms with Gasteiger partial charge in [0.1, 0.15) is 0 Å². The number of fused-ring (bicyclic) bond motifs is 1. The van der Waals surface area contributed by atoms with Gasteiger partial charge in [-0.15, -0.1) is 0 Å². The molecule has 0 aliphatic carbocycles. The van der Waals surface area contributed by atoms with Crippen LogP contribution in [0.1, 0.15) is 6.42 Å². The molecule has 2 heterocycles. The van der Waals surface area contributed by atoms with Crippen molar-refractivity contribution in [2.45, 2.75) is 17.8 Å². The van der Waals surface area contributed by atoms with Gasteiger partial charge < -0.3 is 5.11 Å². The molecule has 2 aliphatic rings. The first kappa shape index (κ1) is 7.32. The highest BCUT2D eigenvalue weighted by atomic mass is 32.2. The van der Waals surface area contributed by atoms with Crippen LogP contribution in [0.15, 0.2) is 0 Å². The predicted octanol–water partition coefficient (Wildman–Crippen LogP) is 1.22. The lowest BCUT2D eigenvalue weighted by Crippen LogP contribution is -2.35. The Morgan fingerprint density at radius 1 is 1.30 bits per heavy atom. The third-order valence-corrected chi connectivity index (χ3v) is 5.06. The summed E-state index contributed by atoms with van der Waals surface area (Å²) in [5, 5.41) is 10.1. The highest BCUT2D eigenvalue weighted by Gasteiger charge is 2.36. The standard InChI is InChI=1S/C7H12OS2/c8-6-4-9-3-5-1-2-10-7(5)6/h5-8H,1-4H2. The van der Waals surface area contributed by atoms with E-state index in [1.165, 1.54) is 17.9 Å². The highest BCUT2D eigenvalue weighted by molar-refractivity contribution is 8.01. The second-order valence-corrected chi connectivity index (χ2v) is 5.35. The van der Waals surface area contributed by atoms with Crippen LogP contribution >= 0.6 is 23.5 Å². The molecule has 0 spiro atoms. The fourth-order valence-corrected chi connectivity index (χ4v) is 4.73. The highest BCUT2D eigenvalue weighted by Crippen LogP contribution is 2.40. The van der Waals surface area contributed by atoms with Gasteiger partial charge in [0, 0.05) is 11.0 Å². The van der Waals surface area contributed by atoms with E-state index in [1.54, 1.807) is 0 Å². The topological polar surface area (TPSA) is 20.2 Å². The number of thioether (sulfide) groups is 2. The Hall–Kier alpha value is 0.660. The first-order valence-corrected chi connectivity index (χ1v) is 5.95. The van der Waals surface area contributed by atoms with Gasteiger partial charge in [-0.2, -0.15) is 23.5 Å². The minimum absolute atomic E-state index is 0.0174. The number of aliphatic hydroxyl groups is 1. The molecule has 0 saturated carbocycles. The van der Waals surface area contributed by atoms with Crippen molar-refractivity contribution in [1.29, 1.82) is 0 Å². The minimum atomic E-state index is -0.0174. The number of rotatable bonds is 0. The number of hydrogen-bond acceptors (Lipinski definition) is 3. The van der Waals surface area contributed by atoms with Crippen molar-refractivity contribution in [3.05, 3.63) is 0 Å². The Morgan fingerprint density at radius 2 is 2.20 bits per heavy atom. The monoisotopic (exact) mass is 176 g/mol. The molecule has 2 aliphatic heterocycles. The Morgan fingerprint density at radius 3 is 3.00 bits per heavy atom. The first-order chi connectivity index (χ1) is 4.88. The summed E-state index contributed by atoms with van der Waals surface area (Å²) in [7, 11) is 0. The predicted molar refractivity (Wildman–Crippen MR) is 47.7 cm³/mol. The SMILES string of the molecule is OC1CSCC2CCSC12. The summed E-state index contributed by atoms with van der Waals surface area (Å²) in [5.41, 5.74) is 0. The van der Waals surface area contributed by atoms with E-state index in [0.717, 1.165) is 11.7 Å². The van der Waals surface area contributed by atoms with E-state index in [2.05, 4.69) is 0 Å². The maximum atomic E-state index is 9.54. The molecule has 0 aromatic rings. The molecule has 1 N–H and O–H groups in total. The molecule has 2 saturated heterocycles. The van der Waals surface area contributed by atoms with E-state index in [-0.39, 0.29) is 6.10 Å². The van der Waals surface area contributed by atoms with Crippen LogP contribution in [0.5, 0.6) is 0 Å². The van der Waals surface area contributed by atoms with E-state index in [1.807, 2.05) is 23.5 Å².